The highest BCUT2D eigenvalue weighted by Gasteiger charge is 2.24. The molecule has 1 fully saturated rings. The number of rotatable bonds is 6. The van der Waals surface area contributed by atoms with Gasteiger partial charge >= 0.3 is 0 Å². The van der Waals surface area contributed by atoms with E-state index in [1.54, 1.807) is 6.20 Å². The first-order chi connectivity index (χ1) is 16.5. The van der Waals surface area contributed by atoms with E-state index < -0.39 is 0 Å². The first-order valence-electron chi connectivity index (χ1n) is 11.6. The summed E-state index contributed by atoms with van der Waals surface area (Å²) in [5.74, 6) is 3.24. The fourth-order valence-corrected chi connectivity index (χ4v) is 4.49. The van der Waals surface area contributed by atoms with Gasteiger partial charge in [-0.25, -0.2) is 14.6 Å². The van der Waals surface area contributed by atoms with Gasteiger partial charge in [-0.2, -0.15) is 5.10 Å². The smallest absolute Gasteiger partial charge is 0.298 e. The summed E-state index contributed by atoms with van der Waals surface area (Å²) < 4.78 is 7.27. The Labute approximate surface area is 198 Å². The van der Waals surface area contributed by atoms with Crippen LogP contribution in [-0.4, -0.2) is 68.6 Å². The second-order valence-electron chi connectivity index (χ2n) is 9.01. The molecular weight excluding hydrogens is 434 g/mol. The van der Waals surface area contributed by atoms with Gasteiger partial charge in [0, 0.05) is 49.5 Å². The number of nitrogens with one attached hydrogen (secondary N) is 1. The molecule has 11 heteroatoms. The Balaban J connectivity index is 1.37. The summed E-state index contributed by atoms with van der Waals surface area (Å²) in [6.45, 7) is 11.5. The fourth-order valence-electron chi connectivity index (χ4n) is 4.49. The molecule has 0 amide bonds. The number of carbonyl (C=O) groups excluding carboxylic acids is 1. The zero-order valence-electron chi connectivity index (χ0n) is 19.7. The maximum absolute atomic E-state index is 11.2. The monoisotopic (exact) mass is 463 g/mol. The molecule has 0 radical (unpaired) electrons. The second kappa shape index (κ2) is 9.34. The molecule has 2 aliphatic heterocycles. The lowest BCUT2D eigenvalue weighted by molar-refractivity contribution is -0.120. The number of anilines is 2. The number of hydrogen-bond acceptors (Lipinski definition) is 10. The average Bonchev–Trinajstić information content (AvgIpc) is 3.23. The number of hydrogen-bond donors (Lipinski definition) is 1. The van der Waals surface area contributed by atoms with Crippen molar-refractivity contribution in [1.82, 2.24) is 35.3 Å². The van der Waals surface area contributed by atoms with E-state index in [0.29, 0.717) is 47.9 Å². The molecule has 178 valence electrons. The van der Waals surface area contributed by atoms with Crippen molar-refractivity contribution >= 4 is 18.1 Å². The van der Waals surface area contributed by atoms with E-state index in [-0.39, 0.29) is 0 Å². The average molecular weight is 464 g/mol. The van der Waals surface area contributed by atoms with Crippen molar-refractivity contribution in [2.45, 2.75) is 39.9 Å². The number of nitrogens with zero attached hydrogens (tertiary/aromatic N) is 8. The van der Waals surface area contributed by atoms with Gasteiger partial charge in [-0.05, 0) is 25.0 Å². The Bertz CT molecular complexity index is 1160. The van der Waals surface area contributed by atoms with Crippen LogP contribution < -0.4 is 19.9 Å². The normalized spacial score (nSPS) is 18.2. The van der Waals surface area contributed by atoms with Crippen molar-refractivity contribution in [3.8, 4) is 17.0 Å². The minimum absolute atomic E-state index is 0.393. The van der Waals surface area contributed by atoms with Gasteiger partial charge in [-0.3, -0.25) is 4.79 Å². The molecule has 0 bridgehead atoms. The molecule has 0 aliphatic carbocycles. The molecule has 3 aromatic rings. The molecule has 1 aromatic carbocycles. The molecule has 1 atom stereocenters. The zero-order valence-corrected chi connectivity index (χ0v) is 19.7. The quantitative estimate of drug-likeness (QED) is 0.538. The second-order valence-corrected chi connectivity index (χ2v) is 9.01. The molecule has 1 saturated heterocycles. The summed E-state index contributed by atoms with van der Waals surface area (Å²) in [5.41, 5.74) is 2.15. The summed E-state index contributed by atoms with van der Waals surface area (Å²) >= 11 is 0. The van der Waals surface area contributed by atoms with Crippen LogP contribution in [0.3, 0.4) is 0 Å². The van der Waals surface area contributed by atoms with Gasteiger partial charge in [0.2, 0.25) is 5.95 Å². The van der Waals surface area contributed by atoms with Gasteiger partial charge in [0.1, 0.15) is 23.1 Å². The number of aromatic nitrogens is 6. The van der Waals surface area contributed by atoms with Crippen LogP contribution in [0.25, 0.3) is 11.3 Å². The summed E-state index contributed by atoms with van der Waals surface area (Å²) in [4.78, 5) is 24.6. The van der Waals surface area contributed by atoms with Gasteiger partial charge < -0.3 is 19.9 Å². The van der Waals surface area contributed by atoms with Crippen molar-refractivity contribution < 1.29 is 9.53 Å². The van der Waals surface area contributed by atoms with Crippen LogP contribution in [0.2, 0.25) is 0 Å². The molecule has 2 aromatic heterocycles. The molecule has 2 aliphatic rings. The maximum Gasteiger partial charge on any atom is 0.298 e. The lowest BCUT2D eigenvalue weighted by atomic mass is 10.0. The highest BCUT2D eigenvalue weighted by Crippen LogP contribution is 2.33. The third kappa shape index (κ3) is 4.43. The molecule has 0 spiro atoms. The highest BCUT2D eigenvalue weighted by atomic mass is 16.5. The van der Waals surface area contributed by atoms with Crippen molar-refractivity contribution in [2.75, 3.05) is 36.0 Å². The molecule has 34 heavy (non-hydrogen) atoms. The predicted octanol–water partition coefficient (Wildman–Crippen LogP) is 1.43. The van der Waals surface area contributed by atoms with Crippen LogP contribution in [0, 0.1) is 12.8 Å². The van der Waals surface area contributed by atoms with Gasteiger partial charge in [0.25, 0.3) is 6.47 Å². The Morgan fingerprint density at radius 1 is 1.18 bits per heavy atom. The molecule has 1 N–H and O–H groups in total. The maximum atomic E-state index is 11.2. The third-order valence-electron chi connectivity index (χ3n) is 6.39. The van der Waals surface area contributed by atoms with E-state index in [4.69, 9.17) is 4.74 Å². The van der Waals surface area contributed by atoms with Crippen molar-refractivity contribution in [1.29, 1.82) is 0 Å². The molecular formula is C23H29N9O2. The number of carbonyl (C=O) groups is 1. The summed E-state index contributed by atoms with van der Waals surface area (Å²) in [5, 5.41) is 16.7. The minimum Gasteiger partial charge on any atom is -0.428 e. The first kappa shape index (κ1) is 22.2. The minimum atomic E-state index is 0.393. The standard InChI is InChI=1S/C23H29N9O2/c1-15(2)20-12-31(7-6-24-20)23-25-11-19(27-28-23)18-5-4-17(10-21(18)34-14-33)30-8-9-32-22(13-30)26-16(3)29-32/h4-5,10-11,14-15,20,24H,6-9,12-13H2,1-3H3/t20-/m1/s1. The Hall–Kier alpha value is -3.60. The van der Waals surface area contributed by atoms with Crippen LogP contribution in [0.1, 0.15) is 25.5 Å². The van der Waals surface area contributed by atoms with Crippen molar-refractivity contribution in [3.05, 3.63) is 36.0 Å². The number of piperazine rings is 1. The highest BCUT2D eigenvalue weighted by molar-refractivity contribution is 5.72. The largest absolute Gasteiger partial charge is 0.428 e. The van der Waals surface area contributed by atoms with E-state index in [1.807, 2.05) is 29.8 Å². The first-order valence-corrected chi connectivity index (χ1v) is 11.6. The van der Waals surface area contributed by atoms with E-state index in [2.05, 4.69) is 54.2 Å². The van der Waals surface area contributed by atoms with Crippen molar-refractivity contribution in [3.63, 3.8) is 0 Å². The number of benzene rings is 1. The van der Waals surface area contributed by atoms with Crippen LogP contribution in [-0.2, 0) is 17.9 Å². The summed E-state index contributed by atoms with van der Waals surface area (Å²) in [7, 11) is 0. The SMILES string of the molecule is Cc1nc2n(n1)CCN(c1ccc(-c3cnc(N4CCN[C@@H](C(C)C)C4)nn3)c(OC=O)c1)C2. The lowest BCUT2D eigenvalue weighted by Crippen LogP contribution is -2.53. The molecule has 0 saturated carbocycles. The van der Waals surface area contributed by atoms with E-state index in [1.165, 1.54) is 0 Å². The van der Waals surface area contributed by atoms with Gasteiger partial charge in [0.05, 0.1) is 19.3 Å². The molecule has 11 nitrogen and oxygen atoms in total. The summed E-state index contributed by atoms with van der Waals surface area (Å²) in [6.07, 6.45) is 1.69. The number of ether oxygens (including phenoxy) is 1. The zero-order chi connectivity index (χ0) is 23.7. The lowest BCUT2D eigenvalue weighted by Gasteiger charge is -2.35. The molecule has 4 heterocycles. The van der Waals surface area contributed by atoms with Crippen LogP contribution in [0.4, 0.5) is 11.6 Å². The molecule has 0 unspecified atom stereocenters. The number of aryl methyl sites for hydroxylation is 1. The summed E-state index contributed by atoms with van der Waals surface area (Å²) in [6, 6.07) is 6.13. The molecule has 5 rings (SSSR count). The number of fused-ring (bicyclic) bond motifs is 1. The van der Waals surface area contributed by atoms with Gasteiger partial charge in [-0.1, -0.05) is 13.8 Å². The van der Waals surface area contributed by atoms with Crippen molar-refractivity contribution in [2.24, 2.45) is 5.92 Å². The fraction of sp³-hybridized carbons (Fsp3) is 0.478. The Morgan fingerprint density at radius 2 is 2.06 bits per heavy atom. The Morgan fingerprint density at radius 3 is 2.82 bits per heavy atom. The topological polar surface area (TPSA) is 114 Å². The van der Waals surface area contributed by atoms with Gasteiger partial charge in [-0.15, -0.1) is 10.2 Å². The third-order valence-corrected chi connectivity index (χ3v) is 6.39. The van der Waals surface area contributed by atoms with E-state index in [9.17, 15) is 4.79 Å². The van der Waals surface area contributed by atoms with Gasteiger partial charge in [0.15, 0.2) is 0 Å². The predicted molar refractivity (Wildman–Crippen MR) is 127 cm³/mol. The van der Waals surface area contributed by atoms with Crippen LogP contribution >= 0.6 is 0 Å². The van der Waals surface area contributed by atoms with E-state index in [0.717, 1.165) is 50.1 Å². The van der Waals surface area contributed by atoms with Crippen LogP contribution in [0.5, 0.6) is 5.75 Å². The van der Waals surface area contributed by atoms with Crippen LogP contribution in [0.15, 0.2) is 24.4 Å². The van der Waals surface area contributed by atoms with E-state index >= 15 is 0 Å². The Kier molecular flexibility index (Phi) is 6.10.